The Morgan fingerprint density at radius 3 is 2.80 bits per heavy atom. The van der Waals surface area contributed by atoms with E-state index in [-0.39, 0.29) is 11.6 Å². The zero-order chi connectivity index (χ0) is 14.4. The number of nitrogens with one attached hydrogen (secondary N) is 2. The Morgan fingerprint density at radius 2 is 2.20 bits per heavy atom. The van der Waals surface area contributed by atoms with Gasteiger partial charge in [0, 0.05) is 18.5 Å². The number of pyridine rings is 1. The third kappa shape index (κ3) is 3.77. The Balaban J connectivity index is 1.95. The maximum Gasteiger partial charge on any atom is 0.328 e. The lowest BCUT2D eigenvalue weighted by atomic mass is 10.2. The molecule has 0 aliphatic rings. The number of hydrogen-bond donors (Lipinski definition) is 3. The van der Waals surface area contributed by atoms with Gasteiger partial charge in [-0.1, -0.05) is 6.07 Å². The molecule has 0 aromatic carbocycles. The minimum atomic E-state index is -1.04. The second-order valence-electron chi connectivity index (χ2n) is 3.91. The summed E-state index contributed by atoms with van der Waals surface area (Å²) >= 11 is 0. The Morgan fingerprint density at radius 1 is 1.35 bits per heavy atom. The average molecular weight is 272 g/mol. The lowest BCUT2D eigenvalue weighted by Crippen LogP contribution is -2.23. The van der Waals surface area contributed by atoms with Gasteiger partial charge >= 0.3 is 5.97 Å². The molecule has 20 heavy (non-hydrogen) atoms. The number of H-pyrrole nitrogens is 1. The van der Waals surface area contributed by atoms with E-state index >= 15 is 0 Å². The van der Waals surface area contributed by atoms with Crippen molar-refractivity contribution >= 4 is 18.0 Å². The molecule has 0 aliphatic heterocycles. The van der Waals surface area contributed by atoms with Crippen LogP contribution in [0.25, 0.3) is 6.08 Å². The van der Waals surface area contributed by atoms with Crippen LogP contribution in [0.3, 0.4) is 0 Å². The summed E-state index contributed by atoms with van der Waals surface area (Å²) in [6.45, 7) is 0.335. The fourth-order valence-corrected chi connectivity index (χ4v) is 1.45. The van der Waals surface area contributed by atoms with Gasteiger partial charge < -0.3 is 15.4 Å². The van der Waals surface area contributed by atoms with E-state index in [1.54, 1.807) is 12.3 Å². The fraction of sp³-hybridized carbons (Fsp3) is 0.0769. The SMILES string of the molecule is O=C(O)C=Cc1ccc(C(=O)NCc2cnc[nH]2)nc1. The molecular formula is C13H12N4O3. The summed E-state index contributed by atoms with van der Waals surface area (Å²) in [5, 5.41) is 11.2. The first-order valence-corrected chi connectivity index (χ1v) is 5.77. The zero-order valence-electron chi connectivity index (χ0n) is 10.4. The number of rotatable bonds is 5. The van der Waals surface area contributed by atoms with Crippen LogP contribution in [0, 0.1) is 0 Å². The van der Waals surface area contributed by atoms with Crippen LogP contribution < -0.4 is 5.32 Å². The number of imidazole rings is 1. The first-order valence-electron chi connectivity index (χ1n) is 5.77. The van der Waals surface area contributed by atoms with Crippen molar-refractivity contribution in [3.05, 3.63) is 53.9 Å². The van der Waals surface area contributed by atoms with E-state index in [4.69, 9.17) is 5.11 Å². The number of nitrogens with zero attached hydrogens (tertiary/aromatic N) is 2. The van der Waals surface area contributed by atoms with Crippen molar-refractivity contribution in [1.29, 1.82) is 0 Å². The topological polar surface area (TPSA) is 108 Å². The molecule has 0 bridgehead atoms. The van der Waals surface area contributed by atoms with Crippen molar-refractivity contribution in [2.24, 2.45) is 0 Å². The average Bonchev–Trinajstić information content (AvgIpc) is 2.96. The molecule has 1 amide bonds. The molecule has 0 aliphatic carbocycles. The van der Waals surface area contributed by atoms with E-state index in [1.165, 1.54) is 24.7 Å². The number of carboxylic acids is 1. The van der Waals surface area contributed by atoms with Crippen LogP contribution in [0.2, 0.25) is 0 Å². The van der Waals surface area contributed by atoms with Crippen LogP contribution in [0.1, 0.15) is 21.7 Å². The van der Waals surface area contributed by atoms with Crippen LogP contribution in [-0.4, -0.2) is 31.9 Å². The number of amides is 1. The summed E-state index contributed by atoms with van der Waals surface area (Å²) in [5.74, 6) is -1.35. The maximum atomic E-state index is 11.8. The molecule has 0 fully saturated rings. The highest BCUT2D eigenvalue weighted by atomic mass is 16.4. The van der Waals surface area contributed by atoms with Gasteiger partial charge in [-0.05, 0) is 17.7 Å². The van der Waals surface area contributed by atoms with Gasteiger partial charge in [0.05, 0.1) is 18.6 Å². The molecule has 0 atom stereocenters. The van der Waals surface area contributed by atoms with Crippen molar-refractivity contribution in [2.45, 2.75) is 6.54 Å². The first kappa shape index (κ1) is 13.5. The van der Waals surface area contributed by atoms with E-state index in [0.29, 0.717) is 12.1 Å². The van der Waals surface area contributed by atoms with Crippen LogP contribution in [0.4, 0.5) is 0 Å². The molecule has 2 aromatic heterocycles. The normalized spacial score (nSPS) is 10.6. The number of aromatic nitrogens is 3. The largest absolute Gasteiger partial charge is 0.478 e. The van der Waals surface area contributed by atoms with Gasteiger partial charge in [-0.15, -0.1) is 0 Å². The molecule has 2 aromatic rings. The Kier molecular flexibility index (Phi) is 4.23. The number of carbonyl (C=O) groups is 2. The van der Waals surface area contributed by atoms with Crippen LogP contribution in [0.5, 0.6) is 0 Å². The number of aliphatic carboxylic acids is 1. The van der Waals surface area contributed by atoms with Crippen molar-refractivity contribution in [1.82, 2.24) is 20.3 Å². The number of aromatic amines is 1. The van der Waals surface area contributed by atoms with Crippen LogP contribution >= 0.6 is 0 Å². The van der Waals surface area contributed by atoms with Gasteiger partial charge in [-0.25, -0.2) is 9.78 Å². The molecule has 2 heterocycles. The predicted octanol–water partition coefficient (Wildman–Crippen LogP) is 0.833. The van der Waals surface area contributed by atoms with Crippen molar-refractivity contribution in [3.8, 4) is 0 Å². The molecule has 102 valence electrons. The molecule has 0 radical (unpaired) electrons. The van der Waals surface area contributed by atoms with Gasteiger partial charge in [0.15, 0.2) is 0 Å². The minimum Gasteiger partial charge on any atom is -0.478 e. The Labute approximate surface area is 114 Å². The summed E-state index contributed by atoms with van der Waals surface area (Å²) in [5.41, 5.74) is 1.66. The summed E-state index contributed by atoms with van der Waals surface area (Å²) in [6.07, 6.45) is 7.00. The molecule has 2 rings (SSSR count). The van der Waals surface area contributed by atoms with Gasteiger partial charge in [-0.2, -0.15) is 0 Å². The lowest BCUT2D eigenvalue weighted by Gasteiger charge is -2.03. The second-order valence-corrected chi connectivity index (χ2v) is 3.91. The summed E-state index contributed by atoms with van der Waals surface area (Å²) in [7, 11) is 0. The first-order chi connectivity index (χ1) is 9.65. The van der Waals surface area contributed by atoms with Gasteiger partial charge in [0.2, 0.25) is 0 Å². The van der Waals surface area contributed by atoms with Crippen molar-refractivity contribution in [3.63, 3.8) is 0 Å². The molecule has 7 heteroatoms. The standard InChI is InChI=1S/C13H12N4O3/c18-12(19)4-2-9-1-3-11(15-5-9)13(20)16-7-10-6-14-8-17-10/h1-6,8H,7H2,(H,14,17)(H,16,20)(H,18,19). The van der Waals surface area contributed by atoms with Gasteiger partial charge in [-0.3, -0.25) is 9.78 Å². The molecule has 0 saturated carbocycles. The number of carboxylic acid groups (broad SMARTS) is 1. The van der Waals surface area contributed by atoms with Crippen LogP contribution in [-0.2, 0) is 11.3 Å². The number of carbonyl (C=O) groups excluding carboxylic acids is 1. The summed E-state index contributed by atoms with van der Waals surface area (Å²) in [6, 6.07) is 3.15. The fourth-order valence-electron chi connectivity index (χ4n) is 1.45. The van der Waals surface area contributed by atoms with Crippen molar-refractivity contribution in [2.75, 3.05) is 0 Å². The predicted molar refractivity (Wildman–Crippen MR) is 70.7 cm³/mol. The second kappa shape index (κ2) is 6.28. The summed E-state index contributed by atoms with van der Waals surface area (Å²) < 4.78 is 0. The molecule has 0 unspecified atom stereocenters. The Bertz CT molecular complexity index is 618. The third-order valence-corrected chi connectivity index (χ3v) is 2.43. The van der Waals surface area contributed by atoms with Gasteiger partial charge in [0.1, 0.15) is 5.69 Å². The highest BCUT2D eigenvalue weighted by Gasteiger charge is 2.06. The van der Waals surface area contributed by atoms with Crippen LogP contribution in [0.15, 0.2) is 36.9 Å². The van der Waals surface area contributed by atoms with Crippen molar-refractivity contribution < 1.29 is 14.7 Å². The van der Waals surface area contributed by atoms with E-state index in [1.807, 2.05) is 0 Å². The van der Waals surface area contributed by atoms with E-state index in [2.05, 4.69) is 20.3 Å². The van der Waals surface area contributed by atoms with E-state index in [9.17, 15) is 9.59 Å². The van der Waals surface area contributed by atoms with Gasteiger partial charge in [0.25, 0.3) is 5.91 Å². The maximum absolute atomic E-state index is 11.8. The zero-order valence-corrected chi connectivity index (χ0v) is 10.4. The molecular weight excluding hydrogens is 260 g/mol. The highest BCUT2D eigenvalue weighted by Crippen LogP contribution is 2.03. The molecule has 7 nitrogen and oxygen atoms in total. The lowest BCUT2D eigenvalue weighted by molar-refractivity contribution is -0.131. The van der Waals surface area contributed by atoms with E-state index < -0.39 is 5.97 Å². The van der Waals surface area contributed by atoms with E-state index in [0.717, 1.165) is 11.8 Å². The molecule has 3 N–H and O–H groups in total. The third-order valence-electron chi connectivity index (χ3n) is 2.43. The quantitative estimate of drug-likeness (QED) is 0.699. The smallest absolute Gasteiger partial charge is 0.328 e. The molecule has 0 saturated heterocycles. The summed E-state index contributed by atoms with van der Waals surface area (Å²) in [4.78, 5) is 32.8. The monoisotopic (exact) mass is 272 g/mol. The Hall–Kier alpha value is -2.96. The number of hydrogen-bond acceptors (Lipinski definition) is 4. The highest BCUT2D eigenvalue weighted by molar-refractivity contribution is 5.92. The minimum absolute atomic E-state index is 0.261. The molecule has 0 spiro atoms.